The predicted octanol–water partition coefficient (Wildman–Crippen LogP) is 1.32. The normalized spacial score (nSPS) is 25.5. The Morgan fingerprint density at radius 3 is 2.59 bits per heavy atom. The summed E-state index contributed by atoms with van der Waals surface area (Å²) in [7, 11) is 0. The molecule has 4 heteroatoms. The quantitative estimate of drug-likeness (QED) is 0.709. The van der Waals surface area contributed by atoms with Gasteiger partial charge in [-0.15, -0.1) is 0 Å². The van der Waals surface area contributed by atoms with Crippen LogP contribution in [0.15, 0.2) is 0 Å². The summed E-state index contributed by atoms with van der Waals surface area (Å²) in [6.45, 7) is 6.75. The van der Waals surface area contributed by atoms with Gasteiger partial charge in [0.15, 0.2) is 0 Å². The average molecular weight is 243 g/mol. The maximum atomic E-state index is 11.7. The number of aliphatic hydroxyl groups is 1. The summed E-state index contributed by atoms with van der Waals surface area (Å²) in [4.78, 5) is 11.7. The van der Waals surface area contributed by atoms with Gasteiger partial charge < -0.3 is 15.2 Å². The number of nitrogens with one attached hydrogen (secondary N) is 1. The fourth-order valence-corrected chi connectivity index (χ4v) is 2.16. The average Bonchev–Trinajstić information content (AvgIpc) is 2.22. The van der Waals surface area contributed by atoms with E-state index in [2.05, 4.69) is 5.32 Å². The summed E-state index contributed by atoms with van der Waals surface area (Å²) in [6.07, 6.45) is 2.91. The number of aliphatic hydroxyl groups excluding tert-OH is 1. The van der Waals surface area contributed by atoms with Crippen LogP contribution in [0, 0.1) is 11.8 Å². The smallest absolute Gasteiger partial charge is 0.220 e. The standard InChI is InChI=1S/C13H25NO3/c1-4-17-11-5-10(6-11)7-13(16)14-12(8-15)9(2)3/h9-12,15H,4-8H2,1-3H3,(H,14,16). The largest absolute Gasteiger partial charge is 0.394 e. The number of rotatable bonds is 7. The Morgan fingerprint density at radius 2 is 2.12 bits per heavy atom. The lowest BCUT2D eigenvalue weighted by atomic mass is 9.80. The van der Waals surface area contributed by atoms with Crippen molar-refractivity contribution in [2.45, 2.75) is 52.2 Å². The van der Waals surface area contributed by atoms with Crippen LogP contribution in [0.5, 0.6) is 0 Å². The van der Waals surface area contributed by atoms with E-state index in [1.807, 2.05) is 20.8 Å². The highest BCUT2D eigenvalue weighted by Gasteiger charge is 2.31. The number of ether oxygens (including phenoxy) is 1. The van der Waals surface area contributed by atoms with E-state index in [4.69, 9.17) is 9.84 Å². The Bertz CT molecular complexity index is 237. The highest BCUT2D eigenvalue weighted by atomic mass is 16.5. The lowest BCUT2D eigenvalue weighted by molar-refractivity contribution is -0.125. The maximum absolute atomic E-state index is 11.7. The van der Waals surface area contributed by atoms with Crippen molar-refractivity contribution in [3.05, 3.63) is 0 Å². The summed E-state index contributed by atoms with van der Waals surface area (Å²) < 4.78 is 5.46. The lowest BCUT2D eigenvalue weighted by Gasteiger charge is -2.34. The van der Waals surface area contributed by atoms with Crippen LogP contribution in [0.25, 0.3) is 0 Å². The highest BCUT2D eigenvalue weighted by Crippen LogP contribution is 2.32. The van der Waals surface area contributed by atoms with Gasteiger partial charge >= 0.3 is 0 Å². The first-order valence-electron chi connectivity index (χ1n) is 6.58. The van der Waals surface area contributed by atoms with Crippen LogP contribution in [0.3, 0.4) is 0 Å². The summed E-state index contributed by atoms with van der Waals surface area (Å²) in [6, 6.07) is -0.120. The van der Waals surface area contributed by atoms with Crippen LogP contribution in [0.1, 0.15) is 40.0 Å². The van der Waals surface area contributed by atoms with Gasteiger partial charge in [-0.25, -0.2) is 0 Å². The zero-order chi connectivity index (χ0) is 12.8. The van der Waals surface area contributed by atoms with E-state index in [0.29, 0.717) is 18.4 Å². The SMILES string of the molecule is CCOC1CC(CC(=O)NC(CO)C(C)C)C1. The van der Waals surface area contributed by atoms with E-state index >= 15 is 0 Å². The van der Waals surface area contributed by atoms with Gasteiger partial charge in [-0.2, -0.15) is 0 Å². The topological polar surface area (TPSA) is 58.6 Å². The zero-order valence-electron chi connectivity index (χ0n) is 11.1. The molecule has 0 saturated heterocycles. The van der Waals surface area contributed by atoms with Crippen LogP contribution in [0.4, 0.5) is 0 Å². The van der Waals surface area contributed by atoms with Gasteiger partial charge in [-0.05, 0) is 31.6 Å². The third-order valence-corrected chi connectivity index (χ3v) is 3.42. The van der Waals surface area contributed by atoms with Crippen molar-refractivity contribution in [2.24, 2.45) is 11.8 Å². The molecule has 0 radical (unpaired) electrons. The van der Waals surface area contributed by atoms with Crippen molar-refractivity contribution in [1.29, 1.82) is 0 Å². The molecule has 2 N–H and O–H groups in total. The highest BCUT2D eigenvalue weighted by molar-refractivity contribution is 5.76. The summed E-state index contributed by atoms with van der Waals surface area (Å²) >= 11 is 0. The van der Waals surface area contributed by atoms with Crippen LogP contribution in [-0.4, -0.2) is 36.4 Å². The minimum Gasteiger partial charge on any atom is -0.394 e. The molecule has 0 heterocycles. The van der Waals surface area contributed by atoms with Crippen LogP contribution in [-0.2, 0) is 9.53 Å². The molecule has 100 valence electrons. The third kappa shape index (κ3) is 4.64. The molecule has 1 saturated carbocycles. The van der Waals surface area contributed by atoms with Crippen molar-refractivity contribution < 1.29 is 14.6 Å². The van der Waals surface area contributed by atoms with Crippen molar-refractivity contribution in [2.75, 3.05) is 13.2 Å². The number of amides is 1. The number of hydrogen-bond donors (Lipinski definition) is 2. The fourth-order valence-electron chi connectivity index (χ4n) is 2.16. The molecular weight excluding hydrogens is 218 g/mol. The number of hydrogen-bond acceptors (Lipinski definition) is 3. The molecule has 1 amide bonds. The van der Waals surface area contributed by atoms with Crippen LogP contribution in [0.2, 0.25) is 0 Å². The minimum absolute atomic E-state index is 0.00957. The molecule has 0 aromatic rings. The second kappa shape index (κ2) is 6.97. The minimum atomic E-state index is -0.120. The molecule has 1 aliphatic carbocycles. The number of carbonyl (C=O) groups excluding carboxylic acids is 1. The first-order chi connectivity index (χ1) is 8.06. The monoisotopic (exact) mass is 243 g/mol. The Kier molecular flexibility index (Phi) is 5.92. The molecule has 1 unspecified atom stereocenters. The van der Waals surface area contributed by atoms with Crippen molar-refractivity contribution in [1.82, 2.24) is 5.32 Å². The summed E-state index contributed by atoms with van der Waals surface area (Å²) in [5, 5.41) is 12.0. The molecule has 0 aromatic heterocycles. The molecule has 1 aliphatic rings. The Balaban J connectivity index is 2.18. The van der Waals surface area contributed by atoms with E-state index in [9.17, 15) is 4.79 Å². The van der Waals surface area contributed by atoms with E-state index < -0.39 is 0 Å². The van der Waals surface area contributed by atoms with Gasteiger partial charge in [0, 0.05) is 13.0 Å². The summed E-state index contributed by atoms with van der Waals surface area (Å²) in [5.74, 6) is 0.775. The molecule has 0 spiro atoms. The van der Waals surface area contributed by atoms with Crippen molar-refractivity contribution in [3.63, 3.8) is 0 Å². The van der Waals surface area contributed by atoms with E-state index in [1.54, 1.807) is 0 Å². The first kappa shape index (κ1) is 14.5. The molecule has 4 nitrogen and oxygen atoms in total. The van der Waals surface area contributed by atoms with Gasteiger partial charge in [-0.1, -0.05) is 13.8 Å². The second-order valence-electron chi connectivity index (χ2n) is 5.22. The molecule has 0 aromatic carbocycles. The van der Waals surface area contributed by atoms with Gasteiger partial charge in [-0.3, -0.25) is 4.79 Å². The Labute approximate surface area is 104 Å². The first-order valence-corrected chi connectivity index (χ1v) is 6.58. The molecule has 1 fully saturated rings. The van der Waals surface area contributed by atoms with E-state index in [1.165, 1.54) is 0 Å². The van der Waals surface area contributed by atoms with E-state index in [0.717, 1.165) is 19.4 Å². The zero-order valence-corrected chi connectivity index (χ0v) is 11.1. The van der Waals surface area contributed by atoms with Gasteiger partial charge in [0.25, 0.3) is 0 Å². The predicted molar refractivity (Wildman–Crippen MR) is 66.6 cm³/mol. The van der Waals surface area contributed by atoms with E-state index in [-0.39, 0.29) is 24.5 Å². The molecule has 1 atom stereocenters. The molecule has 0 bridgehead atoms. The summed E-state index contributed by atoms with van der Waals surface area (Å²) in [5.41, 5.74) is 0. The van der Waals surface area contributed by atoms with Gasteiger partial charge in [0.05, 0.1) is 18.8 Å². The second-order valence-corrected chi connectivity index (χ2v) is 5.22. The Hall–Kier alpha value is -0.610. The van der Waals surface area contributed by atoms with Gasteiger partial charge in [0.1, 0.15) is 0 Å². The molecule has 17 heavy (non-hydrogen) atoms. The van der Waals surface area contributed by atoms with Crippen molar-refractivity contribution >= 4 is 5.91 Å². The molecule has 0 aliphatic heterocycles. The third-order valence-electron chi connectivity index (χ3n) is 3.42. The van der Waals surface area contributed by atoms with Crippen LogP contribution < -0.4 is 5.32 Å². The maximum Gasteiger partial charge on any atom is 0.220 e. The lowest BCUT2D eigenvalue weighted by Crippen LogP contribution is -2.43. The van der Waals surface area contributed by atoms with Crippen molar-refractivity contribution in [3.8, 4) is 0 Å². The van der Waals surface area contributed by atoms with Crippen LogP contribution >= 0.6 is 0 Å². The Morgan fingerprint density at radius 1 is 1.47 bits per heavy atom. The molecule has 1 rings (SSSR count). The number of carbonyl (C=O) groups is 1. The van der Waals surface area contributed by atoms with Gasteiger partial charge in [0.2, 0.25) is 5.91 Å². The fraction of sp³-hybridized carbons (Fsp3) is 0.923. The molecular formula is C13H25NO3.